The van der Waals surface area contributed by atoms with E-state index in [1.54, 1.807) is 18.2 Å². The number of phenolic OH excluding ortho intramolecular Hbond substituents is 1. The van der Waals surface area contributed by atoms with Gasteiger partial charge in [-0.3, -0.25) is 0 Å². The van der Waals surface area contributed by atoms with Crippen LogP contribution in [0.3, 0.4) is 0 Å². The molecular weight excluding hydrogens is 293 g/mol. The minimum Gasteiger partial charge on any atom is -0.504 e. The van der Waals surface area contributed by atoms with Gasteiger partial charge in [-0.05, 0) is 31.2 Å². The van der Waals surface area contributed by atoms with Crippen LogP contribution in [-0.4, -0.2) is 18.8 Å². The number of phenols is 1. The van der Waals surface area contributed by atoms with Crippen LogP contribution in [0.4, 0.5) is 10.1 Å². The van der Waals surface area contributed by atoms with Crippen molar-refractivity contribution in [2.75, 3.05) is 18.6 Å². The van der Waals surface area contributed by atoms with Crippen LogP contribution in [0.2, 0.25) is 5.02 Å². The van der Waals surface area contributed by atoms with Gasteiger partial charge in [-0.2, -0.15) is 0 Å². The Labute approximate surface area is 128 Å². The van der Waals surface area contributed by atoms with Crippen molar-refractivity contribution in [3.8, 4) is 11.5 Å². The maximum absolute atomic E-state index is 13.3. The van der Waals surface area contributed by atoms with E-state index in [0.717, 1.165) is 5.69 Å². The molecule has 0 aliphatic rings. The molecule has 0 aliphatic heterocycles. The van der Waals surface area contributed by atoms with Crippen LogP contribution in [0.25, 0.3) is 0 Å². The molecule has 5 heteroatoms. The number of ether oxygens (including phenoxy) is 1. The van der Waals surface area contributed by atoms with E-state index < -0.39 is 0 Å². The Morgan fingerprint density at radius 1 is 1.29 bits per heavy atom. The standard InChI is InChI=1S/C16H17ClFNO2/c1-3-19(14-6-4-5-13(18)9-14)10-11-7-12(17)8-15(21-2)16(11)20/h4-9,20H,3,10H2,1-2H3. The fourth-order valence-electron chi connectivity index (χ4n) is 2.17. The van der Waals surface area contributed by atoms with Crippen molar-refractivity contribution in [3.63, 3.8) is 0 Å². The number of methoxy groups -OCH3 is 1. The van der Waals surface area contributed by atoms with Gasteiger partial charge < -0.3 is 14.7 Å². The molecule has 0 bridgehead atoms. The van der Waals surface area contributed by atoms with Crippen molar-refractivity contribution in [3.05, 3.63) is 52.8 Å². The minimum absolute atomic E-state index is 0.0525. The second-order valence-corrected chi connectivity index (χ2v) is 5.05. The zero-order chi connectivity index (χ0) is 15.4. The summed E-state index contributed by atoms with van der Waals surface area (Å²) in [5.74, 6) is 0.0865. The lowest BCUT2D eigenvalue weighted by Gasteiger charge is -2.24. The van der Waals surface area contributed by atoms with Crippen LogP contribution < -0.4 is 9.64 Å². The van der Waals surface area contributed by atoms with Gasteiger partial charge in [0.1, 0.15) is 5.82 Å². The Morgan fingerprint density at radius 2 is 2.05 bits per heavy atom. The second-order valence-electron chi connectivity index (χ2n) is 4.61. The largest absolute Gasteiger partial charge is 0.504 e. The maximum Gasteiger partial charge on any atom is 0.162 e. The molecule has 21 heavy (non-hydrogen) atoms. The Balaban J connectivity index is 2.33. The van der Waals surface area contributed by atoms with Gasteiger partial charge in [-0.25, -0.2) is 4.39 Å². The lowest BCUT2D eigenvalue weighted by molar-refractivity contribution is 0.370. The molecule has 2 rings (SSSR count). The van der Waals surface area contributed by atoms with E-state index in [-0.39, 0.29) is 11.6 Å². The van der Waals surface area contributed by atoms with Crippen molar-refractivity contribution in [2.45, 2.75) is 13.5 Å². The van der Waals surface area contributed by atoms with Crippen LogP contribution in [0.1, 0.15) is 12.5 Å². The number of hydrogen-bond acceptors (Lipinski definition) is 3. The van der Waals surface area contributed by atoms with Crippen LogP contribution in [-0.2, 0) is 6.54 Å². The molecule has 2 aromatic carbocycles. The summed E-state index contributed by atoms with van der Waals surface area (Å²) in [6, 6.07) is 9.58. The predicted octanol–water partition coefficient (Wildman–Crippen LogP) is 4.22. The first-order chi connectivity index (χ1) is 10.0. The van der Waals surface area contributed by atoms with Crippen molar-refractivity contribution in [1.29, 1.82) is 0 Å². The highest BCUT2D eigenvalue weighted by Crippen LogP contribution is 2.34. The van der Waals surface area contributed by atoms with Gasteiger partial charge in [0.15, 0.2) is 11.5 Å². The lowest BCUT2D eigenvalue weighted by atomic mass is 10.1. The topological polar surface area (TPSA) is 32.7 Å². The average Bonchev–Trinajstić information content (AvgIpc) is 2.47. The first kappa shape index (κ1) is 15.4. The first-order valence-electron chi connectivity index (χ1n) is 6.61. The van der Waals surface area contributed by atoms with Crippen LogP contribution in [0, 0.1) is 5.82 Å². The fraction of sp³-hybridized carbons (Fsp3) is 0.250. The van der Waals surface area contributed by atoms with E-state index in [0.29, 0.717) is 29.4 Å². The molecule has 0 saturated carbocycles. The van der Waals surface area contributed by atoms with Gasteiger partial charge >= 0.3 is 0 Å². The van der Waals surface area contributed by atoms with Crippen LogP contribution >= 0.6 is 11.6 Å². The summed E-state index contributed by atoms with van der Waals surface area (Å²) in [7, 11) is 1.47. The van der Waals surface area contributed by atoms with E-state index in [2.05, 4.69) is 0 Å². The Morgan fingerprint density at radius 3 is 2.67 bits per heavy atom. The molecule has 0 spiro atoms. The van der Waals surface area contributed by atoms with Crippen LogP contribution in [0.15, 0.2) is 36.4 Å². The number of nitrogens with zero attached hydrogens (tertiary/aromatic N) is 1. The van der Waals surface area contributed by atoms with Crippen LogP contribution in [0.5, 0.6) is 11.5 Å². The highest BCUT2D eigenvalue weighted by Gasteiger charge is 2.14. The zero-order valence-electron chi connectivity index (χ0n) is 11.9. The molecule has 0 radical (unpaired) electrons. The van der Waals surface area contributed by atoms with Crippen molar-refractivity contribution in [1.82, 2.24) is 0 Å². The molecular formula is C16H17ClFNO2. The molecule has 3 nitrogen and oxygen atoms in total. The minimum atomic E-state index is -0.293. The normalized spacial score (nSPS) is 10.5. The number of halogens is 2. The average molecular weight is 310 g/mol. The van der Waals surface area contributed by atoms with Crippen molar-refractivity contribution >= 4 is 17.3 Å². The highest BCUT2D eigenvalue weighted by atomic mass is 35.5. The fourth-order valence-corrected chi connectivity index (χ4v) is 2.40. The third kappa shape index (κ3) is 3.58. The molecule has 0 unspecified atom stereocenters. The number of rotatable bonds is 5. The highest BCUT2D eigenvalue weighted by molar-refractivity contribution is 6.30. The SMILES string of the molecule is CCN(Cc1cc(Cl)cc(OC)c1O)c1cccc(F)c1. The molecule has 112 valence electrons. The van der Waals surface area contributed by atoms with Gasteiger partial charge in [0.05, 0.1) is 7.11 Å². The number of benzene rings is 2. The van der Waals surface area contributed by atoms with E-state index >= 15 is 0 Å². The lowest BCUT2D eigenvalue weighted by Crippen LogP contribution is -2.22. The van der Waals surface area contributed by atoms with E-state index in [1.165, 1.54) is 19.2 Å². The molecule has 1 N–H and O–H groups in total. The number of hydrogen-bond donors (Lipinski definition) is 1. The molecule has 0 saturated heterocycles. The molecule has 0 atom stereocenters. The maximum atomic E-state index is 13.3. The third-order valence-corrected chi connectivity index (χ3v) is 3.47. The van der Waals surface area contributed by atoms with Gasteiger partial charge in [0.25, 0.3) is 0 Å². The molecule has 0 heterocycles. The van der Waals surface area contributed by atoms with E-state index in [4.69, 9.17) is 16.3 Å². The van der Waals surface area contributed by atoms with E-state index in [1.807, 2.05) is 17.9 Å². The van der Waals surface area contributed by atoms with Gasteiger partial charge in [0.2, 0.25) is 0 Å². The Hall–Kier alpha value is -1.94. The third-order valence-electron chi connectivity index (χ3n) is 3.25. The van der Waals surface area contributed by atoms with Gasteiger partial charge in [-0.15, -0.1) is 0 Å². The van der Waals surface area contributed by atoms with Crippen molar-refractivity contribution in [2.24, 2.45) is 0 Å². The summed E-state index contributed by atoms with van der Waals surface area (Å²) in [4.78, 5) is 1.94. The quantitative estimate of drug-likeness (QED) is 0.897. The molecule has 0 fully saturated rings. The summed E-state index contributed by atoms with van der Waals surface area (Å²) in [5, 5.41) is 10.7. The molecule has 2 aromatic rings. The first-order valence-corrected chi connectivity index (χ1v) is 6.98. The smallest absolute Gasteiger partial charge is 0.162 e. The summed E-state index contributed by atoms with van der Waals surface area (Å²) in [6.07, 6.45) is 0. The predicted molar refractivity (Wildman–Crippen MR) is 82.8 cm³/mol. The van der Waals surface area contributed by atoms with E-state index in [9.17, 15) is 9.50 Å². The summed E-state index contributed by atoms with van der Waals surface area (Å²) in [5.41, 5.74) is 1.38. The van der Waals surface area contributed by atoms with Gasteiger partial charge in [-0.1, -0.05) is 17.7 Å². The summed E-state index contributed by atoms with van der Waals surface area (Å²) >= 11 is 6.03. The molecule has 0 aromatic heterocycles. The number of aromatic hydroxyl groups is 1. The monoisotopic (exact) mass is 309 g/mol. The summed E-state index contributed by atoms with van der Waals surface area (Å²) in [6.45, 7) is 3.03. The summed E-state index contributed by atoms with van der Waals surface area (Å²) < 4.78 is 18.4. The Bertz CT molecular complexity index is 634. The van der Waals surface area contributed by atoms with Gasteiger partial charge in [0, 0.05) is 35.4 Å². The zero-order valence-corrected chi connectivity index (χ0v) is 12.7. The number of anilines is 1. The second kappa shape index (κ2) is 6.68. The Kier molecular flexibility index (Phi) is 4.91. The van der Waals surface area contributed by atoms with Crippen molar-refractivity contribution < 1.29 is 14.2 Å². The molecule has 0 aliphatic carbocycles. The molecule has 0 amide bonds.